The van der Waals surface area contributed by atoms with Gasteiger partial charge in [-0.3, -0.25) is 0 Å². The van der Waals surface area contributed by atoms with Gasteiger partial charge in [-0.1, -0.05) is 51.2 Å². The molecular formula is C18H29N. The first-order valence-electron chi connectivity index (χ1n) is 7.91. The van der Waals surface area contributed by atoms with Crippen LogP contribution in [0.25, 0.3) is 0 Å². The van der Waals surface area contributed by atoms with E-state index in [-0.39, 0.29) is 0 Å². The van der Waals surface area contributed by atoms with E-state index in [2.05, 4.69) is 50.2 Å². The van der Waals surface area contributed by atoms with Crippen LogP contribution in [0.3, 0.4) is 0 Å². The van der Waals surface area contributed by atoms with Crippen LogP contribution in [0, 0.1) is 11.8 Å². The van der Waals surface area contributed by atoms with Gasteiger partial charge < -0.3 is 4.90 Å². The molecule has 1 aliphatic rings. The van der Waals surface area contributed by atoms with Crippen LogP contribution in [0.5, 0.6) is 0 Å². The minimum atomic E-state index is 0.981. The molecule has 1 heteroatoms. The zero-order valence-electron chi connectivity index (χ0n) is 12.9. The smallest absolute Gasteiger partial charge is 0.0361 e. The Kier molecular flexibility index (Phi) is 5.30. The lowest BCUT2D eigenvalue weighted by Gasteiger charge is -2.26. The third kappa shape index (κ3) is 4.56. The first-order valence-corrected chi connectivity index (χ1v) is 7.91. The molecule has 0 amide bonds. The van der Waals surface area contributed by atoms with Crippen molar-refractivity contribution in [1.82, 2.24) is 0 Å². The number of aryl methyl sites for hydroxylation is 1. The fourth-order valence-electron chi connectivity index (χ4n) is 3.17. The molecule has 106 valence electrons. The average molecular weight is 259 g/mol. The summed E-state index contributed by atoms with van der Waals surface area (Å²) in [6.07, 6.45) is 9.91. The predicted molar refractivity (Wildman–Crippen MR) is 84.8 cm³/mol. The maximum Gasteiger partial charge on any atom is 0.0361 e. The van der Waals surface area contributed by atoms with Crippen LogP contribution in [0.4, 0.5) is 5.69 Å². The lowest BCUT2D eigenvalue weighted by Crippen LogP contribution is -2.12. The summed E-state index contributed by atoms with van der Waals surface area (Å²) in [5.41, 5.74) is 2.79. The summed E-state index contributed by atoms with van der Waals surface area (Å²) in [7, 11) is 4.19. The Bertz CT molecular complexity index is 358. The number of benzene rings is 1. The quantitative estimate of drug-likeness (QED) is 0.727. The molecule has 0 spiro atoms. The molecule has 0 heterocycles. The Morgan fingerprint density at radius 3 is 2.21 bits per heavy atom. The fraction of sp³-hybridized carbons (Fsp3) is 0.667. The number of hydrogen-bond donors (Lipinski definition) is 0. The molecule has 0 bridgehead atoms. The van der Waals surface area contributed by atoms with Crippen molar-refractivity contribution < 1.29 is 0 Å². The van der Waals surface area contributed by atoms with Crippen molar-refractivity contribution in [3.8, 4) is 0 Å². The summed E-state index contributed by atoms with van der Waals surface area (Å²) < 4.78 is 0. The van der Waals surface area contributed by atoms with Crippen LogP contribution in [0.15, 0.2) is 24.3 Å². The molecule has 19 heavy (non-hydrogen) atoms. The lowest BCUT2D eigenvalue weighted by atomic mass is 9.80. The van der Waals surface area contributed by atoms with Crippen LogP contribution < -0.4 is 4.90 Å². The SMILES string of the molecule is CC1CCC(CCCc2ccc(N(C)C)cc2)CC1. The first-order chi connectivity index (χ1) is 9.15. The summed E-state index contributed by atoms with van der Waals surface area (Å²) in [6, 6.07) is 9.05. The molecule has 0 radical (unpaired) electrons. The van der Waals surface area contributed by atoms with Gasteiger partial charge in [0.25, 0.3) is 0 Å². The van der Waals surface area contributed by atoms with E-state index in [0.717, 1.165) is 11.8 Å². The van der Waals surface area contributed by atoms with Crippen molar-refractivity contribution in [2.24, 2.45) is 11.8 Å². The van der Waals surface area contributed by atoms with Crippen LogP contribution in [-0.4, -0.2) is 14.1 Å². The monoisotopic (exact) mass is 259 g/mol. The van der Waals surface area contributed by atoms with Crippen LogP contribution in [0.2, 0.25) is 0 Å². The maximum atomic E-state index is 2.41. The van der Waals surface area contributed by atoms with Crippen molar-refractivity contribution in [2.45, 2.75) is 51.9 Å². The molecular weight excluding hydrogens is 230 g/mol. The number of nitrogens with zero attached hydrogens (tertiary/aromatic N) is 1. The first kappa shape index (κ1) is 14.4. The van der Waals surface area contributed by atoms with Crippen molar-refractivity contribution in [1.29, 1.82) is 0 Å². The molecule has 1 aromatic rings. The zero-order chi connectivity index (χ0) is 13.7. The second-order valence-corrected chi connectivity index (χ2v) is 6.58. The Morgan fingerprint density at radius 2 is 1.63 bits per heavy atom. The Balaban J connectivity index is 1.70. The molecule has 1 nitrogen and oxygen atoms in total. The highest BCUT2D eigenvalue weighted by molar-refractivity contribution is 5.45. The molecule has 0 unspecified atom stereocenters. The van der Waals surface area contributed by atoms with Crippen molar-refractivity contribution in [3.05, 3.63) is 29.8 Å². The van der Waals surface area contributed by atoms with Gasteiger partial charge in [0.1, 0.15) is 0 Å². The van der Waals surface area contributed by atoms with Crippen molar-refractivity contribution >= 4 is 5.69 Å². The number of hydrogen-bond acceptors (Lipinski definition) is 1. The second-order valence-electron chi connectivity index (χ2n) is 6.58. The minimum absolute atomic E-state index is 0.981. The largest absolute Gasteiger partial charge is 0.378 e. The van der Waals surface area contributed by atoms with E-state index in [1.165, 1.54) is 56.2 Å². The molecule has 0 aromatic heterocycles. The van der Waals surface area contributed by atoms with E-state index in [1.54, 1.807) is 0 Å². The molecule has 0 N–H and O–H groups in total. The minimum Gasteiger partial charge on any atom is -0.378 e. The Hall–Kier alpha value is -0.980. The average Bonchev–Trinajstić information content (AvgIpc) is 2.41. The topological polar surface area (TPSA) is 3.24 Å². The van der Waals surface area contributed by atoms with Gasteiger partial charge >= 0.3 is 0 Å². The van der Waals surface area contributed by atoms with Gasteiger partial charge in [0.05, 0.1) is 0 Å². The van der Waals surface area contributed by atoms with Gasteiger partial charge in [-0.15, -0.1) is 0 Å². The van der Waals surface area contributed by atoms with Crippen LogP contribution >= 0.6 is 0 Å². The Morgan fingerprint density at radius 1 is 1.00 bits per heavy atom. The summed E-state index contributed by atoms with van der Waals surface area (Å²) in [5.74, 6) is 1.99. The molecule has 1 saturated carbocycles. The standard InChI is InChI=1S/C18H29N/c1-15-7-9-16(10-8-15)5-4-6-17-11-13-18(14-12-17)19(2)3/h11-16H,4-10H2,1-3H3. The highest BCUT2D eigenvalue weighted by atomic mass is 15.1. The highest BCUT2D eigenvalue weighted by Gasteiger charge is 2.17. The molecule has 1 fully saturated rings. The molecule has 0 atom stereocenters. The predicted octanol–water partition coefficient (Wildman–Crippen LogP) is 4.90. The van der Waals surface area contributed by atoms with Crippen molar-refractivity contribution in [2.75, 3.05) is 19.0 Å². The summed E-state index contributed by atoms with van der Waals surface area (Å²) in [5, 5.41) is 0. The molecule has 1 aliphatic carbocycles. The van der Waals surface area contributed by atoms with Gasteiger partial charge in [-0.05, 0) is 42.4 Å². The second kappa shape index (κ2) is 6.98. The lowest BCUT2D eigenvalue weighted by molar-refractivity contribution is 0.274. The normalized spacial score (nSPS) is 23.3. The van der Waals surface area contributed by atoms with Gasteiger partial charge in [0.15, 0.2) is 0 Å². The third-order valence-electron chi connectivity index (χ3n) is 4.67. The molecule has 2 rings (SSSR count). The van der Waals surface area contributed by atoms with E-state index in [0.29, 0.717) is 0 Å². The van der Waals surface area contributed by atoms with Crippen LogP contribution in [0.1, 0.15) is 51.0 Å². The number of anilines is 1. The van der Waals surface area contributed by atoms with E-state index in [9.17, 15) is 0 Å². The van der Waals surface area contributed by atoms with E-state index < -0.39 is 0 Å². The molecule has 0 saturated heterocycles. The fourth-order valence-corrected chi connectivity index (χ4v) is 3.17. The van der Waals surface area contributed by atoms with E-state index in [4.69, 9.17) is 0 Å². The summed E-state index contributed by atoms with van der Waals surface area (Å²) in [4.78, 5) is 2.16. The summed E-state index contributed by atoms with van der Waals surface area (Å²) >= 11 is 0. The Labute approximate surface area is 119 Å². The van der Waals surface area contributed by atoms with Gasteiger partial charge in [-0.25, -0.2) is 0 Å². The summed E-state index contributed by atoms with van der Waals surface area (Å²) in [6.45, 7) is 2.41. The maximum absolute atomic E-state index is 2.41. The molecule has 0 aliphatic heterocycles. The number of rotatable bonds is 5. The molecule has 1 aromatic carbocycles. The van der Waals surface area contributed by atoms with Gasteiger partial charge in [0.2, 0.25) is 0 Å². The zero-order valence-corrected chi connectivity index (χ0v) is 12.9. The van der Waals surface area contributed by atoms with Crippen molar-refractivity contribution in [3.63, 3.8) is 0 Å². The third-order valence-corrected chi connectivity index (χ3v) is 4.67. The van der Waals surface area contributed by atoms with Gasteiger partial charge in [-0.2, -0.15) is 0 Å². The van der Waals surface area contributed by atoms with Crippen LogP contribution in [-0.2, 0) is 6.42 Å². The van der Waals surface area contributed by atoms with E-state index >= 15 is 0 Å². The highest BCUT2D eigenvalue weighted by Crippen LogP contribution is 2.31. The van der Waals surface area contributed by atoms with Gasteiger partial charge in [0, 0.05) is 19.8 Å². The van der Waals surface area contributed by atoms with E-state index in [1.807, 2.05) is 0 Å².